The molecule has 4 nitrogen and oxygen atoms in total. The van der Waals surface area contributed by atoms with E-state index in [1.54, 1.807) is 25.3 Å². The fourth-order valence-electron chi connectivity index (χ4n) is 1.59. The van der Waals surface area contributed by atoms with Crippen molar-refractivity contribution in [2.45, 2.75) is 0 Å². The largest absolute Gasteiger partial charge is 0.497 e. The highest BCUT2D eigenvalue weighted by Gasteiger charge is 2.06. The summed E-state index contributed by atoms with van der Waals surface area (Å²) in [6, 6.07) is 11.9. The second kappa shape index (κ2) is 7.11. The van der Waals surface area contributed by atoms with Crippen LogP contribution in [0.2, 0.25) is 10.0 Å². The maximum Gasteiger partial charge on any atom is 0.271 e. The van der Waals surface area contributed by atoms with Gasteiger partial charge in [0.15, 0.2) is 0 Å². The number of rotatable bonds is 4. The number of nitrogens with zero attached hydrogens (tertiary/aromatic N) is 1. The topological polar surface area (TPSA) is 50.7 Å². The molecule has 0 saturated heterocycles. The summed E-state index contributed by atoms with van der Waals surface area (Å²) in [4.78, 5) is 11.9. The van der Waals surface area contributed by atoms with Crippen molar-refractivity contribution in [3.8, 4) is 5.75 Å². The van der Waals surface area contributed by atoms with Crippen LogP contribution in [0.15, 0.2) is 47.6 Å². The molecule has 0 fully saturated rings. The fourth-order valence-corrected chi connectivity index (χ4v) is 1.89. The minimum absolute atomic E-state index is 0.320. The normalized spacial score (nSPS) is 10.6. The molecule has 0 radical (unpaired) electrons. The highest BCUT2D eigenvalue weighted by Crippen LogP contribution is 2.22. The van der Waals surface area contributed by atoms with E-state index in [2.05, 4.69) is 10.5 Å². The number of halogens is 2. The molecule has 0 atom stereocenters. The summed E-state index contributed by atoms with van der Waals surface area (Å²) in [5.74, 6) is 0.350. The van der Waals surface area contributed by atoms with Crippen LogP contribution in [0, 0.1) is 0 Å². The maximum absolute atomic E-state index is 11.9. The molecule has 2 rings (SSSR count). The van der Waals surface area contributed by atoms with Gasteiger partial charge in [0.2, 0.25) is 0 Å². The molecule has 0 heterocycles. The van der Waals surface area contributed by atoms with E-state index < -0.39 is 0 Å². The molecule has 0 aliphatic heterocycles. The Morgan fingerprint density at radius 2 is 2.00 bits per heavy atom. The van der Waals surface area contributed by atoms with Crippen molar-refractivity contribution >= 4 is 35.3 Å². The third-order valence-electron chi connectivity index (χ3n) is 2.66. The van der Waals surface area contributed by atoms with Crippen molar-refractivity contribution in [3.05, 3.63) is 63.6 Å². The van der Waals surface area contributed by atoms with E-state index >= 15 is 0 Å². The Kier molecular flexibility index (Phi) is 5.20. The number of methoxy groups -OCH3 is 1. The first-order valence-corrected chi connectivity index (χ1v) is 6.78. The van der Waals surface area contributed by atoms with Gasteiger partial charge in [-0.25, -0.2) is 5.43 Å². The molecule has 0 aliphatic carbocycles. The smallest absolute Gasteiger partial charge is 0.271 e. The van der Waals surface area contributed by atoms with Gasteiger partial charge in [-0.05, 0) is 35.9 Å². The van der Waals surface area contributed by atoms with Crippen LogP contribution in [0.25, 0.3) is 0 Å². The zero-order chi connectivity index (χ0) is 15.2. The minimum atomic E-state index is -0.368. The lowest BCUT2D eigenvalue weighted by Gasteiger charge is -2.02. The van der Waals surface area contributed by atoms with E-state index in [0.29, 0.717) is 15.6 Å². The lowest BCUT2D eigenvalue weighted by molar-refractivity contribution is 0.0955. The fraction of sp³-hybridized carbons (Fsp3) is 0.0667. The summed E-state index contributed by atoms with van der Waals surface area (Å²) in [6.45, 7) is 0. The van der Waals surface area contributed by atoms with E-state index in [1.165, 1.54) is 12.3 Å². The van der Waals surface area contributed by atoms with Gasteiger partial charge < -0.3 is 4.74 Å². The molecule has 1 amide bonds. The first kappa shape index (κ1) is 15.4. The summed E-state index contributed by atoms with van der Waals surface area (Å²) in [7, 11) is 1.59. The number of benzene rings is 2. The number of amides is 1. The molecule has 21 heavy (non-hydrogen) atoms. The van der Waals surface area contributed by atoms with Gasteiger partial charge in [-0.15, -0.1) is 0 Å². The monoisotopic (exact) mass is 322 g/mol. The summed E-state index contributed by atoms with van der Waals surface area (Å²) in [5.41, 5.74) is 3.61. The van der Waals surface area contributed by atoms with Gasteiger partial charge in [0, 0.05) is 5.56 Å². The van der Waals surface area contributed by atoms with Gasteiger partial charge in [-0.2, -0.15) is 5.10 Å². The van der Waals surface area contributed by atoms with Crippen LogP contribution in [0.3, 0.4) is 0 Å². The molecule has 0 unspecified atom stereocenters. The van der Waals surface area contributed by atoms with Crippen molar-refractivity contribution in [2.24, 2.45) is 5.10 Å². The van der Waals surface area contributed by atoms with E-state index in [4.69, 9.17) is 27.9 Å². The Morgan fingerprint density at radius 1 is 1.19 bits per heavy atom. The van der Waals surface area contributed by atoms with Crippen LogP contribution in [0.4, 0.5) is 0 Å². The third kappa shape index (κ3) is 4.21. The molecular weight excluding hydrogens is 311 g/mol. The summed E-state index contributed by atoms with van der Waals surface area (Å²) in [6.07, 6.45) is 1.53. The number of carbonyl (C=O) groups excluding carboxylic acids is 1. The van der Waals surface area contributed by atoms with Crippen molar-refractivity contribution < 1.29 is 9.53 Å². The Labute approximate surface area is 132 Å². The minimum Gasteiger partial charge on any atom is -0.497 e. The molecule has 2 aromatic carbocycles. The summed E-state index contributed by atoms with van der Waals surface area (Å²) < 4.78 is 5.10. The molecule has 0 saturated carbocycles. The van der Waals surface area contributed by atoms with Crippen LogP contribution in [0.1, 0.15) is 15.9 Å². The zero-order valence-corrected chi connectivity index (χ0v) is 12.7. The predicted molar refractivity (Wildman–Crippen MR) is 84.5 cm³/mol. The molecule has 0 aromatic heterocycles. The van der Waals surface area contributed by atoms with Crippen molar-refractivity contribution in [1.82, 2.24) is 5.43 Å². The van der Waals surface area contributed by atoms with Crippen LogP contribution in [-0.4, -0.2) is 19.2 Å². The Morgan fingerprint density at radius 3 is 2.71 bits per heavy atom. The van der Waals surface area contributed by atoms with Crippen LogP contribution >= 0.6 is 23.2 Å². The highest BCUT2D eigenvalue weighted by atomic mass is 35.5. The zero-order valence-electron chi connectivity index (χ0n) is 11.1. The molecule has 108 valence electrons. The molecule has 1 N–H and O–H groups in total. The molecule has 6 heteroatoms. The average molecular weight is 323 g/mol. The SMILES string of the molecule is COc1cccc(/C=N/NC(=O)c2ccc(Cl)c(Cl)c2)c1. The van der Waals surface area contributed by atoms with Crippen LogP contribution < -0.4 is 10.2 Å². The second-order valence-electron chi connectivity index (χ2n) is 4.10. The molecule has 2 aromatic rings. The predicted octanol–water partition coefficient (Wildman–Crippen LogP) is 3.77. The number of hydrogen-bond acceptors (Lipinski definition) is 3. The highest BCUT2D eigenvalue weighted by molar-refractivity contribution is 6.42. The van der Waals surface area contributed by atoms with Gasteiger partial charge >= 0.3 is 0 Å². The van der Waals surface area contributed by atoms with E-state index in [0.717, 1.165) is 11.3 Å². The van der Waals surface area contributed by atoms with E-state index in [1.807, 2.05) is 18.2 Å². The molecule has 0 spiro atoms. The van der Waals surface area contributed by atoms with Gasteiger partial charge in [0.1, 0.15) is 5.75 Å². The molecule has 0 bridgehead atoms. The lowest BCUT2D eigenvalue weighted by atomic mass is 10.2. The number of hydrogen-bond donors (Lipinski definition) is 1. The Bertz CT molecular complexity index is 687. The Hall–Kier alpha value is -2.04. The second-order valence-corrected chi connectivity index (χ2v) is 4.92. The van der Waals surface area contributed by atoms with Crippen LogP contribution in [-0.2, 0) is 0 Å². The van der Waals surface area contributed by atoms with Gasteiger partial charge in [0.05, 0.1) is 23.4 Å². The number of hydrazone groups is 1. The summed E-state index contributed by atoms with van der Waals surface area (Å²) >= 11 is 11.7. The average Bonchev–Trinajstić information content (AvgIpc) is 2.50. The quantitative estimate of drug-likeness (QED) is 0.688. The van der Waals surface area contributed by atoms with Gasteiger partial charge in [-0.3, -0.25) is 4.79 Å². The van der Waals surface area contributed by atoms with Crippen molar-refractivity contribution in [3.63, 3.8) is 0 Å². The van der Waals surface area contributed by atoms with Crippen LogP contribution in [0.5, 0.6) is 5.75 Å². The molecule has 0 aliphatic rings. The maximum atomic E-state index is 11.9. The summed E-state index contributed by atoms with van der Waals surface area (Å²) in [5, 5.41) is 4.61. The number of nitrogens with one attached hydrogen (secondary N) is 1. The van der Waals surface area contributed by atoms with E-state index in [9.17, 15) is 4.79 Å². The number of ether oxygens (including phenoxy) is 1. The molecular formula is C15H12Cl2N2O2. The van der Waals surface area contributed by atoms with Gasteiger partial charge in [0.25, 0.3) is 5.91 Å². The standard InChI is InChI=1S/C15H12Cl2N2O2/c1-21-12-4-2-3-10(7-12)9-18-19-15(20)11-5-6-13(16)14(17)8-11/h2-9H,1H3,(H,19,20)/b18-9+. The number of carbonyl (C=O) groups is 1. The van der Waals surface area contributed by atoms with Crippen molar-refractivity contribution in [2.75, 3.05) is 7.11 Å². The first-order valence-electron chi connectivity index (χ1n) is 6.02. The van der Waals surface area contributed by atoms with E-state index in [-0.39, 0.29) is 5.91 Å². The van der Waals surface area contributed by atoms with Gasteiger partial charge in [-0.1, -0.05) is 35.3 Å². The first-order chi connectivity index (χ1) is 10.1. The third-order valence-corrected chi connectivity index (χ3v) is 3.39. The lowest BCUT2D eigenvalue weighted by Crippen LogP contribution is -2.17. The van der Waals surface area contributed by atoms with Crippen molar-refractivity contribution in [1.29, 1.82) is 0 Å². The Balaban J connectivity index is 2.02.